The Bertz CT molecular complexity index is 391. The van der Waals surface area contributed by atoms with E-state index in [1.54, 1.807) is 0 Å². The van der Waals surface area contributed by atoms with Crippen LogP contribution in [0.5, 0.6) is 0 Å². The predicted octanol–water partition coefficient (Wildman–Crippen LogP) is 2.06. The third kappa shape index (κ3) is 2.99. The number of aryl methyl sites for hydroxylation is 2. The van der Waals surface area contributed by atoms with E-state index in [1.807, 2.05) is 27.1 Å². The molecule has 1 atom stereocenters. The smallest absolute Gasteiger partial charge is 0.147 e. The van der Waals surface area contributed by atoms with Gasteiger partial charge in [-0.25, -0.2) is 4.98 Å². The molecule has 1 aromatic rings. The summed E-state index contributed by atoms with van der Waals surface area (Å²) in [5.41, 5.74) is 2.08. The zero-order valence-corrected chi connectivity index (χ0v) is 11.7. The summed E-state index contributed by atoms with van der Waals surface area (Å²) in [7, 11) is 2.02. The molecule has 0 saturated carbocycles. The molecule has 0 aliphatic carbocycles. The molecular formula is C14H24N4. The zero-order chi connectivity index (χ0) is 13.0. The number of nitrogens with one attached hydrogen (secondary N) is 1. The van der Waals surface area contributed by atoms with Crippen molar-refractivity contribution in [3.05, 3.63) is 17.6 Å². The zero-order valence-electron chi connectivity index (χ0n) is 11.7. The van der Waals surface area contributed by atoms with Crippen LogP contribution in [-0.2, 0) is 0 Å². The highest BCUT2D eigenvalue weighted by Gasteiger charge is 2.23. The first-order valence-electron chi connectivity index (χ1n) is 6.94. The minimum absolute atomic E-state index is 0.614. The summed E-state index contributed by atoms with van der Waals surface area (Å²) < 4.78 is 0. The Morgan fingerprint density at radius 1 is 1.33 bits per heavy atom. The third-order valence-electron chi connectivity index (χ3n) is 3.83. The number of hydrogen-bond donors (Lipinski definition) is 1. The lowest BCUT2D eigenvalue weighted by atomic mass is 9.99. The summed E-state index contributed by atoms with van der Waals surface area (Å²) in [4.78, 5) is 11.6. The Labute approximate surface area is 110 Å². The van der Waals surface area contributed by atoms with Crippen molar-refractivity contribution >= 4 is 5.82 Å². The van der Waals surface area contributed by atoms with Gasteiger partial charge in [0.05, 0.1) is 17.6 Å². The van der Waals surface area contributed by atoms with Crippen LogP contribution in [0, 0.1) is 13.8 Å². The number of aromatic nitrogens is 2. The summed E-state index contributed by atoms with van der Waals surface area (Å²) in [5.74, 6) is 1.05. The van der Waals surface area contributed by atoms with E-state index < -0.39 is 0 Å². The van der Waals surface area contributed by atoms with Gasteiger partial charge in [0.25, 0.3) is 0 Å². The van der Waals surface area contributed by atoms with Crippen LogP contribution in [0.25, 0.3) is 0 Å². The molecule has 1 aromatic heterocycles. The lowest BCUT2D eigenvalue weighted by molar-refractivity contribution is 0.430. The molecule has 4 heteroatoms. The minimum Gasteiger partial charge on any atom is -0.352 e. The van der Waals surface area contributed by atoms with Crippen molar-refractivity contribution < 1.29 is 0 Å². The molecule has 18 heavy (non-hydrogen) atoms. The quantitative estimate of drug-likeness (QED) is 0.885. The molecule has 0 aromatic carbocycles. The van der Waals surface area contributed by atoms with Crippen LogP contribution in [0.1, 0.15) is 37.1 Å². The van der Waals surface area contributed by atoms with Gasteiger partial charge < -0.3 is 10.2 Å². The minimum atomic E-state index is 0.614. The Hall–Kier alpha value is -1.16. The maximum absolute atomic E-state index is 4.70. The van der Waals surface area contributed by atoms with Gasteiger partial charge in [0.15, 0.2) is 0 Å². The van der Waals surface area contributed by atoms with Crippen LogP contribution in [0.3, 0.4) is 0 Å². The van der Waals surface area contributed by atoms with Crippen LogP contribution >= 0.6 is 0 Å². The van der Waals surface area contributed by atoms with Crippen molar-refractivity contribution in [3.8, 4) is 0 Å². The molecule has 1 aliphatic rings. The van der Waals surface area contributed by atoms with Gasteiger partial charge in [-0.2, -0.15) is 0 Å². The molecular weight excluding hydrogens is 224 g/mol. The molecule has 1 fully saturated rings. The summed E-state index contributed by atoms with van der Waals surface area (Å²) in [6, 6.07) is 0.614. The van der Waals surface area contributed by atoms with Gasteiger partial charge in [0.1, 0.15) is 5.82 Å². The third-order valence-corrected chi connectivity index (χ3v) is 3.83. The van der Waals surface area contributed by atoms with Crippen LogP contribution < -0.4 is 10.2 Å². The number of anilines is 1. The Kier molecular flexibility index (Phi) is 4.53. The molecule has 0 radical (unpaired) electrons. The number of hydrogen-bond acceptors (Lipinski definition) is 4. The number of piperidine rings is 1. The molecule has 1 unspecified atom stereocenters. The molecule has 0 spiro atoms. The molecule has 1 N–H and O–H groups in total. The maximum atomic E-state index is 4.70. The molecule has 0 amide bonds. The van der Waals surface area contributed by atoms with Gasteiger partial charge in [0.2, 0.25) is 0 Å². The van der Waals surface area contributed by atoms with E-state index >= 15 is 0 Å². The average Bonchev–Trinajstić information content (AvgIpc) is 2.40. The van der Waals surface area contributed by atoms with Gasteiger partial charge in [-0.05, 0) is 53.1 Å². The fraction of sp³-hybridized carbons (Fsp3) is 0.714. The van der Waals surface area contributed by atoms with Crippen LogP contribution in [0.15, 0.2) is 6.20 Å². The van der Waals surface area contributed by atoms with Crippen molar-refractivity contribution in [2.75, 3.05) is 25.0 Å². The van der Waals surface area contributed by atoms with E-state index in [0.29, 0.717) is 6.04 Å². The summed E-state index contributed by atoms with van der Waals surface area (Å²) in [5, 5.41) is 3.24. The normalized spacial score (nSPS) is 20.2. The molecule has 4 nitrogen and oxygen atoms in total. The summed E-state index contributed by atoms with van der Waals surface area (Å²) >= 11 is 0. The first kappa shape index (κ1) is 13.3. The highest BCUT2D eigenvalue weighted by molar-refractivity contribution is 5.39. The van der Waals surface area contributed by atoms with Crippen LogP contribution in [0.4, 0.5) is 5.82 Å². The van der Waals surface area contributed by atoms with Gasteiger partial charge in [-0.15, -0.1) is 0 Å². The molecule has 0 bridgehead atoms. The number of nitrogens with zero attached hydrogens (tertiary/aromatic N) is 3. The molecule has 2 rings (SSSR count). The van der Waals surface area contributed by atoms with E-state index in [1.165, 1.54) is 25.7 Å². The number of rotatable bonds is 4. The second kappa shape index (κ2) is 6.14. The second-order valence-corrected chi connectivity index (χ2v) is 5.13. The molecule has 1 saturated heterocycles. The van der Waals surface area contributed by atoms with Gasteiger partial charge >= 0.3 is 0 Å². The molecule has 2 heterocycles. The van der Waals surface area contributed by atoms with Gasteiger partial charge in [0, 0.05) is 12.6 Å². The second-order valence-electron chi connectivity index (χ2n) is 5.13. The van der Waals surface area contributed by atoms with Gasteiger partial charge in [-0.3, -0.25) is 4.98 Å². The van der Waals surface area contributed by atoms with Gasteiger partial charge in [-0.1, -0.05) is 0 Å². The van der Waals surface area contributed by atoms with Crippen molar-refractivity contribution in [2.45, 2.75) is 45.6 Å². The van der Waals surface area contributed by atoms with E-state index in [4.69, 9.17) is 4.98 Å². The van der Waals surface area contributed by atoms with E-state index in [9.17, 15) is 0 Å². The first-order chi connectivity index (χ1) is 8.72. The van der Waals surface area contributed by atoms with Crippen molar-refractivity contribution in [2.24, 2.45) is 0 Å². The highest BCUT2D eigenvalue weighted by atomic mass is 15.2. The Balaban J connectivity index is 2.14. The average molecular weight is 248 g/mol. The summed E-state index contributed by atoms with van der Waals surface area (Å²) in [6.07, 6.45) is 7.00. The highest BCUT2D eigenvalue weighted by Crippen LogP contribution is 2.24. The van der Waals surface area contributed by atoms with E-state index in [2.05, 4.69) is 15.2 Å². The fourth-order valence-corrected chi connectivity index (χ4v) is 2.58. The lowest BCUT2D eigenvalue weighted by Crippen LogP contribution is -2.41. The standard InChI is InChI=1S/C14H24N4/c1-11-12(2)17-14(10-16-11)18-9-5-4-6-13(18)7-8-15-3/h10,13,15H,4-9H2,1-3H3. The molecule has 1 aliphatic heterocycles. The van der Waals surface area contributed by atoms with Crippen molar-refractivity contribution in [1.29, 1.82) is 0 Å². The molecule has 100 valence electrons. The van der Waals surface area contributed by atoms with Crippen molar-refractivity contribution in [1.82, 2.24) is 15.3 Å². The van der Waals surface area contributed by atoms with Crippen molar-refractivity contribution in [3.63, 3.8) is 0 Å². The Morgan fingerprint density at radius 3 is 2.89 bits per heavy atom. The largest absolute Gasteiger partial charge is 0.352 e. The topological polar surface area (TPSA) is 41.0 Å². The summed E-state index contributed by atoms with van der Waals surface area (Å²) in [6.45, 7) is 6.24. The fourth-order valence-electron chi connectivity index (χ4n) is 2.58. The van der Waals surface area contributed by atoms with Crippen LogP contribution in [0.2, 0.25) is 0 Å². The Morgan fingerprint density at radius 2 is 2.17 bits per heavy atom. The predicted molar refractivity (Wildman–Crippen MR) is 75.0 cm³/mol. The van der Waals surface area contributed by atoms with E-state index in [-0.39, 0.29) is 0 Å². The monoisotopic (exact) mass is 248 g/mol. The van der Waals surface area contributed by atoms with E-state index in [0.717, 1.165) is 30.3 Å². The lowest BCUT2D eigenvalue weighted by Gasteiger charge is -2.36. The first-order valence-corrected chi connectivity index (χ1v) is 6.94. The maximum Gasteiger partial charge on any atom is 0.147 e. The SMILES string of the molecule is CNCCC1CCCCN1c1cnc(C)c(C)n1. The van der Waals surface area contributed by atoms with Crippen LogP contribution in [-0.4, -0.2) is 36.1 Å².